The number of aryl methyl sites for hydroxylation is 1. The SMILES string of the molecule is COc1ccc(-c2noc(CCC(=O)Nc3cccc(NC(=O)C4CC4)c3)n2)cc1. The zero-order valence-electron chi connectivity index (χ0n) is 16.6. The summed E-state index contributed by atoms with van der Waals surface area (Å²) in [5, 5.41) is 9.66. The normalized spacial score (nSPS) is 13.0. The van der Waals surface area contributed by atoms with E-state index in [4.69, 9.17) is 9.26 Å². The first-order chi connectivity index (χ1) is 14.6. The highest BCUT2D eigenvalue weighted by Gasteiger charge is 2.29. The summed E-state index contributed by atoms with van der Waals surface area (Å²) in [6.07, 6.45) is 2.41. The third-order valence-corrected chi connectivity index (χ3v) is 4.74. The zero-order valence-corrected chi connectivity index (χ0v) is 16.6. The van der Waals surface area contributed by atoms with Gasteiger partial charge in [-0.05, 0) is 55.3 Å². The van der Waals surface area contributed by atoms with Gasteiger partial charge >= 0.3 is 0 Å². The number of anilines is 2. The fraction of sp³-hybridized carbons (Fsp3) is 0.273. The van der Waals surface area contributed by atoms with Crippen LogP contribution in [0.3, 0.4) is 0 Å². The minimum atomic E-state index is -0.176. The third-order valence-electron chi connectivity index (χ3n) is 4.74. The first kappa shape index (κ1) is 19.6. The molecule has 2 amide bonds. The fourth-order valence-electron chi connectivity index (χ4n) is 2.92. The van der Waals surface area contributed by atoms with Crippen LogP contribution in [0.2, 0.25) is 0 Å². The molecule has 0 radical (unpaired) electrons. The Morgan fingerprint density at radius 1 is 1.10 bits per heavy atom. The lowest BCUT2D eigenvalue weighted by Gasteiger charge is -2.08. The van der Waals surface area contributed by atoms with Crippen molar-refractivity contribution in [2.75, 3.05) is 17.7 Å². The van der Waals surface area contributed by atoms with E-state index < -0.39 is 0 Å². The van der Waals surface area contributed by atoms with Crippen molar-refractivity contribution in [2.45, 2.75) is 25.7 Å². The van der Waals surface area contributed by atoms with Crippen LogP contribution in [-0.2, 0) is 16.0 Å². The molecule has 0 atom stereocenters. The quantitative estimate of drug-likeness (QED) is 0.591. The van der Waals surface area contributed by atoms with E-state index in [9.17, 15) is 9.59 Å². The molecular weight excluding hydrogens is 384 g/mol. The number of nitrogens with zero attached hydrogens (tertiary/aromatic N) is 2. The molecule has 2 aromatic carbocycles. The molecule has 154 valence electrons. The van der Waals surface area contributed by atoms with Gasteiger partial charge in [-0.1, -0.05) is 11.2 Å². The van der Waals surface area contributed by atoms with E-state index in [0.717, 1.165) is 24.2 Å². The van der Waals surface area contributed by atoms with Gasteiger partial charge < -0.3 is 19.9 Å². The Bertz CT molecular complexity index is 1040. The second-order valence-corrected chi connectivity index (χ2v) is 7.13. The van der Waals surface area contributed by atoms with Crippen molar-refractivity contribution in [3.63, 3.8) is 0 Å². The summed E-state index contributed by atoms with van der Waals surface area (Å²) >= 11 is 0. The molecule has 0 unspecified atom stereocenters. The van der Waals surface area contributed by atoms with Crippen molar-refractivity contribution in [1.82, 2.24) is 10.1 Å². The van der Waals surface area contributed by atoms with Gasteiger partial charge in [-0.2, -0.15) is 4.98 Å². The Balaban J connectivity index is 1.29. The number of methoxy groups -OCH3 is 1. The molecule has 1 fully saturated rings. The first-order valence-electron chi connectivity index (χ1n) is 9.78. The van der Waals surface area contributed by atoms with Crippen LogP contribution in [0.5, 0.6) is 5.75 Å². The van der Waals surface area contributed by atoms with E-state index in [0.29, 0.717) is 29.5 Å². The van der Waals surface area contributed by atoms with Crippen molar-refractivity contribution < 1.29 is 18.8 Å². The second kappa shape index (κ2) is 8.77. The van der Waals surface area contributed by atoms with E-state index in [1.165, 1.54) is 0 Å². The summed E-state index contributed by atoms with van der Waals surface area (Å²) < 4.78 is 10.4. The predicted molar refractivity (Wildman–Crippen MR) is 111 cm³/mol. The molecular formula is C22H22N4O4. The smallest absolute Gasteiger partial charge is 0.227 e. The van der Waals surface area contributed by atoms with Crippen LogP contribution in [0.1, 0.15) is 25.2 Å². The van der Waals surface area contributed by atoms with Crippen molar-refractivity contribution in [3.8, 4) is 17.1 Å². The lowest BCUT2D eigenvalue weighted by Crippen LogP contribution is -2.15. The van der Waals surface area contributed by atoms with Crippen LogP contribution >= 0.6 is 0 Å². The number of amides is 2. The molecule has 1 saturated carbocycles. The number of carbonyl (C=O) groups is 2. The molecule has 2 N–H and O–H groups in total. The average molecular weight is 406 g/mol. The maximum absolute atomic E-state index is 12.3. The Morgan fingerprint density at radius 2 is 1.83 bits per heavy atom. The summed E-state index contributed by atoms with van der Waals surface area (Å²) in [4.78, 5) is 28.5. The van der Waals surface area contributed by atoms with Gasteiger partial charge in [0.25, 0.3) is 0 Å². The largest absolute Gasteiger partial charge is 0.497 e. The highest BCUT2D eigenvalue weighted by atomic mass is 16.5. The number of aromatic nitrogens is 2. The van der Waals surface area contributed by atoms with E-state index in [-0.39, 0.29) is 24.2 Å². The van der Waals surface area contributed by atoms with Gasteiger partial charge in [0.2, 0.25) is 23.5 Å². The standard InChI is InChI=1S/C22H22N4O4/c1-29-18-9-7-14(8-10-18)21-25-20(30-26-21)12-11-19(27)23-16-3-2-4-17(13-16)24-22(28)15-5-6-15/h2-4,7-10,13,15H,5-6,11-12H2,1H3,(H,23,27)(H,24,28). The minimum Gasteiger partial charge on any atom is -0.497 e. The molecule has 1 heterocycles. The lowest BCUT2D eigenvalue weighted by atomic mass is 10.2. The predicted octanol–water partition coefficient (Wildman–Crippen LogP) is 3.67. The summed E-state index contributed by atoms with van der Waals surface area (Å²) in [6, 6.07) is 14.4. The molecule has 0 bridgehead atoms. The highest BCUT2D eigenvalue weighted by Crippen LogP contribution is 2.30. The molecule has 4 rings (SSSR count). The molecule has 1 aliphatic rings. The van der Waals surface area contributed by atoms with Crippen LogP contribution < -0.4 is 15.4 Å². The summed E-state index contributed by atoms with van der Waals surface area (Å²) in [5.74, 6) is 1.58. The molecule has 0 spiro atoms. The summed E-state index contributed by atoms with van der Waals surface area (Å²) in [5.41, 5.74) is 2.10. The Labute approximate surface area is 173 Å². The monoisotopic (exact) mass is 406 g/mol. The lowest BCUT2D eigenvalue weighted by molar-refractivity contribution is -0.117. The Kier molecular flexibility index (Phi) is 5.74. The summed E-state index contributed by atoms with van der Waals surface area (Å²) in [6.45, 7) is 0. The van der Waals surface area contributed by atoms with Crippen LogP contribution in [0.25, 0.3) is 11.4 Å². The van der Waals surface area contributed by atoms with Gasteiger partial charge in [0, 0.05) is 35.7 Å². The van der Waals surface area contributed by atoms with Crippen molar-refractivity contribution in [3.05, 3.63) is 54.4 Å². The van der Waals surface area contributed by atoms with Gasteiger partial charge in [-0.3, -0.25) is 9.59 Å². The topological polar surface area (TPSA) is 106 Å². The van der Waals surface area contributed by atoms with Crippen molar-refractivity contribution in [2.24, 2.45) is 5.92 Å². The number of hydrogen-bond acceptors (Lipinski definition) is 6. The van der Waals surface area contributed by atoms with Gasteiger partial charge in [-0.15, -0.1) is 0 Å². The minimum absolute atomic E-state index is 0.0301. The first-order valence-corrected chi connectivity index (χ1v) is 9.78. The van der Waals surface area contributed by atoms with E-state index in [2.05, 4.69) is 20.8 Å². The van der Waals surface area contributed by atoms with Gasteiger partial charge in [0.15, 0.2) is 0 Å². The number of carbonyl (C=O) groups excluding carboxylic acids is 2. The number of benzene rings is 2. The van der Waals surface area contributed by atoms with Crippen molar-refractivity contribution >= 4 is 23.2 Å². The number of rotatable bonds is 8. The van der Waals surface area contributed by atoms with E-state index in [1.54, 1.807) is 31.4 Å². The Hall–Kier alpha value is -3.68. The van der Waals surface area contributed by atoms with Crippen LogP contribution in [0, 0.1) is 5.92 Å². The Morgan fingerprint density at radius 3 is 2.53 bits per heavy atom. The van der Waals surface area contributed by atoms with Crippen molar-refractivity contribution in [1.29, 1.82) is 0 Å². The number of nitrogens with one attached hydrogen (secondary N) is 2. The number of hydrogen-bond donors (Lipinski definition) is 2. The van der Waals surface area contributed by atoms with Crippen LogP contribution in [0.4, 0.5) is 11.4 Å². The second-order valence-electron chi connectivity index (χ2n) is 7.13. The molecule has 30 heavy (non-hydrogen) atoms. The molecule has 0 aliphatic heterocycles. The highest BCUT2D eigenvalue weighted by molar-refractivity contribution is 5.95. The maximum Gasteiger partial charge on any atom is 0.227 e. The van der Waals surface area contributed by atoms with Crippen LogP contribution in [0.15, 0.2) is 53.1 Å². The van der Waals surface area contributed by atoms with Crippen LogP contribution in [-0.4, -0.2) is 29.1 Å². The van der Waals surface area contributed by atoms with E-state index in [1.807, 2.05) is 24.3 Å². The molecule has 3 aromatic rings. The van der Waals surface area contributed by atoms with Gasteiger partial charge in [0.05, 0.1) is 7.11 Å². The zero-order chi connectivity index (χ0) is 20.9. The number of ether oxygens (including phenoxy) is 1. The maximum atomic E-state index is 12.3. The molecule has 1 aliphatic carbocycles. The van der Waals surface area contributed by atoms with E-state index >= 15 is 0 Å². The molecule has 8 nitrogen and oxygen atoms in total. The third kappa shape index (κ3) is 5.02. The fourth-order valence-corrected chi connectivity index (χ4v) is 2.92. The molecule has 1 aromatic heterocycles. The van der Waals surface area contributed by atoms with Gasteiger partial charge in [-0.25, -0.2) is 0 Å². The van der Waals surface area contributed by atoms with Gasteiger partial charge in [0.1, 0.15) is 5.75 Å². The average Bonchev–Trinajstić information content (AvgIpc) is 3.51. The molecule has 8 heteroatoms. The summed E-state index contributed by atoms with van der Waals surface area (Å²) in [7, 11) is 1.60. The molecule has 0 saturated heterocycles.